The van der Waals surface area contributed by atoms with E-state index in [1.807, 2.05) is 6.07 Å². The van der Waals surface area contributed by atoms with Crippen LogP contribution >= 0.6 is 0 Å². The first-order valence-corrected chi connectivity index (χ1v) is 4.91. The highest BCUT2D eigenvalue weighted by Gasteiger charge is 2.26. The van der Waals surface area contributed by atoms with Crippen LogP contribution in [0.3, 0.4) is 0 Å². The summed E-state index contributed by atoms with van der Waals surface area (Å²) in [6.07, 6.45) is 1.75. The van der Waals surface area contributed by atoms with Crippen LogP contribution in [0.1, 0.15) is 18.4 Å². The van der Waals surface area contributed by atoms with Crippen molar-refractivity contribution >= 4 is 5.69 Å². The summed E-state index contributed by atoms with van der Waals surface area (Å²) in [6.45, 7) is 0. The number of hydrogen-bond acceptors (Lipinski definition) is 3. The second-order valence-corrected chi connectivity index (χ2v) is 3.85. The number of benzene rings is 1. The average Bonchev–Trinajstić information content (AvgIpc) is 2.16. The summed E-state index contributed by atoms with van der Waals surface area (Å²) in [5, 5.41) is 11.9. The van der Waals surface area contributed by atoms with Crippen molar-refractivity contribution in [3.63, 3.8) is 0 Å². The van der Waals surface area contributed by atoms with Gasteiger partial charge in [-0.1, -0.05) is 6.07 Å². The molecule has 1 aromatic carbocycles. The molecule has 3 nitrogen and oxygen atoms in total. The summed E-state index contributed by atoms with van der Waals surface area (Å²) in [4.78, 5) is 0. The van der Waals surface area contributed by atoms with Crippen LogP contribution in [0.25, 0.3) is 0 Å². The molecule has 1 aliphatic rings. The number of hydrogen-bond donors (Lipinski definition) is 2. The van der Waals surface area contributed by atoms with Crippen LogP contribution in [0, 0.1) is 17.1 Å². The molecule has 0 bridgehead atoms. The summed E-state index contributed by atoms with van der Waals surface area (Å²) >= 11 is 0. The third kappa shape index (κ3) is 1.92. The topological polar surface area (TPSA) is 61.8 Å². The zero-order valence-corrected chi connectivity index (χ0v) is 8.20. The van der Waals surface area contributed by atoms with Crippen LogP contribution in [0.5, 0.6) is 0 Å². The predicted octanol–water partition coefficient (Wildman–Crippen LogP) is 1.60. The normalized spacial score (nSPS) is 24.1. The molecule has 0 amide bonds. The highest BCUT2D eigenvalue weighted by atomic mass is 19.1. The van der Waals surface area contributed by atoms with E-state index in [1.165, 1.54) is 6.07 Å². The molecule has 0 aliphatic heterocycles. The van der Waals surface area contributed by atoms with Gasteiger partial charge < -0.3 is 11.1 Å². The lowest BCUT2D eigenvalue weighted by atomic mass is 9.87. The fourth-order valence-electron chi connectivity index (χ4n) is 1.76. The van der Waals surface area contributed by atoms with Crippen LogP contribution in [-0.4, -0.2) is 12.1 Å². The van der Waals surface area contributed by atoms with Crippen molar-refractivity contribution in [1.82, 2.24) is 0 Å². The summed E-state index contributed by atoms with van der Waals surface area (Å²) in [5.74, 6) is -0.480. The second-order valence-electron chi connectivity index (χ2n) is 3.85. The highest BCUT2D eigenvalue weighted by molar-refractivity contribution is 5.58. The van der Waals surface area contributed by atoms with Gasteiger partial charge in [0.25, 0.3) is 0 Å². The lowest BCUT2D eigenvalue weighted by Gasteiger charge is -2.34. The van der Waals surface area contributed by atoms with E-state index in [9.17, 15) is 4.39 Å². The summed E-state index contributed by atoms with van der Waals surface area (Å²) in [7, 11) is 0. The fourth-order valence-corrected chi connectivity index (χ4v) is 1.76. The van der Waals surface area contributed by atoms with Gasteiger partial charge in [0.1, 0.15) is 17.4 Å². The smallest absolute Gasteiger partial charge is 0.143 e. The van der Waals surface area contributed by atoms with Gasteiger partial charge in [0.05, 0.1) is 5.69 Å². The predicted molar refractivity (Wildman–Crippen MR) is 55.7 cm³/mol. The fraction of sp³-hybridized carbons (Fsp3) is 0.364. The molecule has 2 rings (SSSR count). The first kappa shape index (κ1) is 9.94. The van der Waals surface area contributed by atoms with Crippen molar-refractivity contribution in [2.75, 3.05) is 5.32 Å². The van der Waals surface area contributed by atoms with Crippen molar-refractivity contribution in [2.24, 2.45) is 5.73 Å². The Kier molecular flexibility index (Phi) is 2.57. The molecule has 0 radical (unpaired) electrons. The molecule has 1 saturated carbocycles. The zero-order chi connectivity index (χ0) is 10.8. The van der Waals surface area contributed by atoms with Gasteiger partial charge in [-0.15, -0.1) is 0 Å². The monoisotopic (exact) mass is 205 g/mol. The SMILES string of the molecule is N#Cc1c(F)cccc1NC1CC(N)C1. The van der Waals surface area contributed by atoms with Crippen LogP contribution in [0.4, 0.5) is 10.1 Å². The Labute approximate surface area is 87.7 Å². The largest absolute Gasteiger partial charge is 0.381 e. The van der Waals surface area contributed by atoms with Crippen molar-refractivity contribution in [3.8, 4) is 6.07 Å². The van der Waals surface area contributed by atoms with Crippen LogP contribution in [0.15, 0.2) is 18.2 Å². The Bertz CT molecular complexity index is 405. The number of nitrogens with zero attached hydrogens (tertiary/aromatic N) is 1. The Morgan fingerprint density at radius 2 is 2.20 bits per heavy atom. The van der Waals surface area contributed by atoms with E-state index in [2.05, 4.69) is 5.32 Å². The minimum absolute atomic E-state index is 0.0815. The molecule has 4 heteroatoms. The van der Waals surface area contributed by atoms with Gasteiger partial charge >= 0.3 is 0 Å². The Morgan fingerprint density at radius 3 is 2.80 bits per heavy atom. The maximum atomic E-state index is 13.2. The number of anilines is 1. The number of nitrogens with two attached hydrogens (primary N) is 1. The molecule has 0 aromatic heterocycles. The standard InChI is InChI=1S/C11H12FN3/c12-10-2-1-3-11(9(10)6-13)15-8-4-7(14)5-8/h1-3,7-8,15H,4-5,14H2. The van der Waals surface area contributed by atoms with E-state index in [0.717, 1.165) is 12.8 Å². The van der Waals surface area contributed by atoms with Crippen LogP contribution in [-0.2, 0) is 0 Å². The van der Waals surface area contributed by atoms with Gasteiger partial charge in [-0.2, -0.15) is 5.26 Å². The minimum Gasteiger partial charge on any atom is -0.381 e. The van der Waals surface area contributed by atoms with Gasteiger partial charge in [-0.05, 0) is 25.0 Å². The maximum absolute atomic E-state index is 13.2. The maximum Gasteiger partial charge on any atom is 0.143 e. The number of halogens is 1. The second kappa shape index (κ2) is 3.87. The molecule has 1 aromatic rings. The molecule has 1 aliphatic carbocycles. The third-order valence-corrected chi connectivity index (χ3v) is 2.66. The molecule has 78 valence electrons. The molecule has 0 atom stereocenters. The minimum atomic E-state index is -0.480. The van der Waals surface area contributed by atoms with E-state index >= 15 is 0 Å². The van der Waals surface area contributed by atoms with E-state index < -0.39 is 5.82 Å². The van der Waals surface area contributed by atoms with Crippen molar-refractivity contribution in [2.45, 2.75) is 24.9 Å². The van der Waals surface area contributed by atoms with E-state index in [-0.39, 0.29) is 17.6 Å². The average molecular weight is 205 g/mol. The number of nitrogens with one attached hydrogen (secondary N) is 1. The molecular formula is C11H12FN3. The van der Waals surface area contributed by atoms with Crippen molar-refractivity contribution < 1.29 is 4.39 Å². The van der Waals surface area contributed by atoms with Crippen LogP contribution < -0.4 is 11.1 Å². The lowest BCUT2D eigenvalue weighted by Crippen LogP contribution is -2.44. The van der Waals surface area contributed by atoms with Gasteiger partial charge in [0, 0.05) is 12.1 Å². The summed E-state index contributed by atoms with van der Waals surface area (Å²) in [6, 6.07) is 6.97. The summed E-state index contributed by atoms with van der Waals surface area (Å²) in [5.41, 5.74) is 6.29. The Morgan fingerprint density at radius 1 is 1.47 bits per heavy atom. The van der Waals surface area contributed by atoms with Crippen molar-refractivity contribution in [1.29, 1.82) is 5.26 Å². The zero-order valence-electron chi connectivity index (χ0n) is 8.20. The molecular weight excluding hydrogens is 193 g/mol. The van der Waals surface area contributed by atoms with Gasteiger partial charge in [-0.3, -0.25) is 0 Å². The number of rotatable bonds is 2. The van der Waals surface area contributed by atoms with E-state index in [4.69, 9.17) is 11.0 Å². The van der Waals surface area contributed by atoms with Gasteiger partial charge in [-0.25, -0.2) is 4.39 Å². The molecule has 15 heavy (non-hydrogen) atoms. The lowest BCUT2D eigenvalue weighted by molar-refractivity contribution is 0.373. The highest BCUT2D eigenvalue weighted by Crippen LogP contribution is 2.25. The molecule has 0 spiro atoms. The first-order valence-electron chi connectivity index (χ1n) is 4.91. The molecule has 0 saturated heterocycles. The Balaban J connectivity index is 2.15. The van der Waals surface area contributed by atoms with Gasteiger partial charge in [0.2, 0.25) is 0 Å². The summed E-state index contributed by atoms with van der Waals surface area (Å²) < 4.78 is 13.2. The van der Waals surface area contributed by atoms with E-state index in [0.29, 0.717) is 5.69 Å². The van der Waals surface area contributed by atoms with Crippen LogP contribution in [0.2, 0.25) is 0 Å². The molecule has 0 heterocycles. The Hall–Kier alpha value is -1.60. The quantitative estimate of drug-likeness (QED) is 0.770. The van der Waals surface area contributed by atoms with E-state index in [1.54, 1.807) is 12.1 Å². The molecule has 3 N–H and O–H groups in total. The number of nitriles is 1. The first-order chi connectivity index (χ1) is 7.20. The van der Waals surface area contributed by atoms with Gasteiger partial charge in [0.15, 0.2) is 0 Å². The third-order valence-electron chi connectivity index (χ3n) is 2.66. The molecule has 1 fully saturated rings. The van der Waals surface area contributed by atoms with Crippen molar-refractivity contribution in [3.05, 3.63) is 29.6 Å². The molecule has 0 unspecified atom stereocenters.